The normalized spacial score (nSPS) is 13.5. The molecule has 1 rings (SSSR count). The summed E-state index contributed by atoms with van der Waals surface area (Å²) < 4.78 is 11.6. The number of nitrogens with one attached hydrogen (secondary N) is 1. The lowest BCUT2D eigenvalue weighted by atomic mass is 10.1. The SMILES string of the molecule is Cc1cc(COC(C)C(C)C)oc1CNCC(C)C. The molecular formula is C16H29NO2. The van der Waals surface area contributed by atoms with Crippen LogP contribution in [0.25, 0.3) is 0 Å². The molecule has 110 valence electrons. The molecule has 3 nitrogen and oxygen atoms in total. The Labute approximate surface area is 117 Å². The molecule has 0 aliphatic carbocycles. The van der Waals surface area contributed by atoms with E-state index in [0.717, 1.165) is 24.6 Å². The Morgan fingerprint density at radius 1 is 1.21 bits per heavy atom. The number of rotatable bonds is 8. The van der Waals surface area contributed by atoms with Gasteiger partial charge in [0.05, 0.1) is 12.6 Å². The summed E-state index contributed by atoms with van der Waals surface area (Å²) in [6.07, 6.45) is 0.257. The Morgan fingerprint density at radius 3 is 2.47 bits per heavy atom. The maximum Gasteiger partial charge on any atom is 0.130 e. The van der Waals surface area contributed by atoms with Crippen molar-refractivity contribution in [1.29, 1.82) is 0 Å². The first-order valence-corrected chi connectivity index (χ1v) is 7.30. The third kappa shape index (κ3) is 5.79. The van der Waals surface area contributed by atoms with Crippen LogP contribution in [0.2, 0.25) is 0 Å². The first-order chi connectivity index (χ1) is 8.90. The van der Waals surface area contributed by atoms with Crippen molar-refractivity contribution in [3.63, 3.8) is 0 Å². The van der Waals surface area contributed by atoms with E-state index in [1.165, 1.54) is 5.56 Å². The molecule has 0 aromatic carbocycles. The quantitative estimate of drug-likeness (QED) is 0.776. The molecule has 1 atom stereocenters. The monoisotopic (exact) mass is 267 g/mol. The highest BCUT2D eigenvalue weighted by Crippen LogP contribution is 2.17. The minimum absolute atomic E-state index is 0.257. The maximum absolute atomic E-state index is 5.84. The highest BCUT2D eigenvalue weighted by atomic mass is 16.5. The summed E-state index contributed by atoms with van der Waals surface area (Å²) in [5, 5.41) is 3.40. The number of hydrogen-bond acceptors (Lipinski definition) is 3. The molecule has 0 bridgehead atoms. The Morgan fingerprint density at radius 2 is 1.89 bits per heavy atom. The summed E-state index contributed by atoms with van der Waals surface area (Å²) in [4.78, 5) is 0. The molecule has 0 fully saturated rings. The molecule has 1 N–H and O–H groups in total. The van der Waals surface area contributed by atoms with Crippen LogP contribution in [0.5, 0.6) is 0 Å². The second-order valence-corrected chi connectivity index (χ2v) is 6.10. The average molecular weight is 267 g/mol. The fourth-order valence-electron chi connectivity index (χ4n) is 1.72. The van der Waals surface area contributed by atoms with E-state index < -0.39 is 0 Å². The van der Waals surface area contributed by atoms with E-state index in [2.05, 4.69) is 52.9 Å². The van der Waals surface area contributed by atoms with E-state index in [0.29, 0.717) is 18.4 Å². The maximum atomic E-state index is 5.84. The fourth-order valence-corrected chi connectivity index (χ4v) is 1.72. The van der Waals surface area contributed by atoms with Crippen LogP contribution in [0.1, 0.15) is 51.7 Å². The Hall–Kier alpha value is -0.800. The van der Waals surface area contributed by atoms with Gasteiger partial charge in [0.1, 0.15) is 18.1 Å². The van der Waals surface area contributed by atoms with Crippen LogP contribution in [0.15, 0.2) is 10.5 Å². The first kappa shape index (κ1) is 16.3. The fraction of sp³-hybridized carbons (Fsp3) is 0.750. The molecule has 3 heteroatoms. The van der Waals surface area contributed by atoms with Gasteiger partial charge in [-0.05, 0) is 43.9 Å². The molecule has 0 spiro atoms. The van der Waals surface area contributed by atoms with Gasteiger partial charge >= 0.3 is 0 Å². The molecule has 0 aliphatic heterocycles. The average Bonchev–Trinajstić information content (AvgIpc) is 2.66. The van der Waals surface area contributed by atoms with Gasteiger partial charge in [-0.3, -0.25) is 0 Å². The van der Waals surface area contributed by atoms with Crippen molar-refractivity contribution in [3.05, 3.63) is 23.2 Å². The second-order valence-electron chi connectivity index (χ2n) is 6.10. The van der Waals surface area contributed by atoms with Crippen LogP contribution in [0.3, 0.4) is 0 Å². The number of hydrogen-bond donors (Lipinski definition) is 1. The number of aryl methyl sites for hydroxylation is 1. The summed E-state index contributed by atoms with van der Waals surface area (Å²) >= 11 is 0. The van der Waals surface area contributed by atoms with Crippen LogP contribution < -0.4 is 5.32 Å². The highest BCUT2D eigenvalue weighted by molar-refractivity contribution is 5.19. The minimum atomic E-state index is 0.257. The molecule has 1 aromatic heterocycles. The van der Waals surface area contributed by atoms with Gasteiger partial charge < -0.3 is 14.5 Å². The molecule has 0 amide bonds. The minimum Gasteiger partial charge on any atom is -0.462 e. The summed E-state index contributed by atoms with van der Waals surface area (Å²) in [6.45, 7) is 15.3. The van der Waals surface area contributed by atoms with Crippen molar-refractivity contribution in [2.24, 2.45) is 11.8 Å². The Bertz CT molecular complexity index is 369. The molecule has 0 saturated carbocycles. The van der Waals surface area contributed by atoms with E-state index in [1.54, 1.807) is 0 Å². The van der Waals surface area contributed by atoms with E-state index in [9.17, 15) is 0 Å². The zero-order chi connectivity index (χ0) is 14.4. The molecule has 0 aliphatic rings. The van der Waals surface area contributed by atoms with Crippen molar-refractivity contribution in [3.8, 4) is 0 Å². The van der Waals surface area contributed by atoms with E-state index >= 15 is 0 Å². The van der Waals surface area contributed by atoms with Crippen LogP contribution in [-0.4, -0.2) is 12.6 Å². The molecule has 19 heavy (non-hydrogen) atoms. The molecular weight excluding hydrogens is 238 g/mol. The zero-order valence-electron chi connectivity index (χ0n) is 13.2. The van der Waals surface area contributed by atoms with Crippen molar-refractivity contribution in [2.75, 3.05) is 6.54 Å². The predicted molar refractivity (Wildman–Crippen MR) is 79.1 cm³/mol. The molecule has 0 saturated heterocycles. The van der Waals surface area contributed by atoms with Crippen molar-refractivity contribution in [1.82, 2.24) is 5.32 Å². The molecule has 1 aromatic rings. The van der Waals surface area contributed by atoms with Gasteiger partial charge in [0.15, 0.2) is 0 Å². The van der Waals surface area contributed by atoms with Crippen molar-refractivity contribution >= 4 is 0 Å². The van der Waals surface area contributed by atoms with Gasteiger partial charge in [-0.15, -0.1) is 0 Å². The zero-order valence-corrected chi connectivity index (χ0v) is 13.2. The van der Waals surface area contributed by atoms with Crippen molar-refractivity contribution in [2.45, 2.75) is 60.8 Å². The molecule has 1 heterocycles. The summed E-state index contributed by atoms with van der Waals surface area (Å²) in [5.74, 6) is 3.14. The van der Waals surface area contributed by atoms with Crippen LogP contribution in [0, 0.1) is 18.8 Å². The second kappa shape index (κ2) is 7.71. The van der Waals surface area contributed by atoms with Gasteiger partial charge in [-0.2, -0.15) is 0 Å². The molecule has 1 unspecified atom stereocenters. The van der Waals surface area contributed by atoms with Gasteiger partial charge in [0.25, 0.3) is 0 Å². The lowest BCUT2D eigenvalue weighted by Gasteiger charge is -2.15. The Balaban J connectivity index is 2.45. The number of ether oxygens (including phenoxy) is 1. The van der Waals surface area contributed by atoms with Gasteiger partial charge in [0, 0.05) is 0 Å². The van der Waals surface area contributed by atoms with Gasteiger partial charge in [-0.25, -0.2) is 0 Å². The summed E-state index contributed by atoms with van der Waals surface area (Å²) in [5.41, 5.74) is 1.20. The van der Waals surface area contributed by atoms with E-state index in [1.807, 2.05) is 0 Å². The number of furan rings is 1. The van der Waals surface area contributed by atoms with Crippen LogP contribution >= 0.6 is 0 Å². The largest absolute Gasteiger partial charge is 0.462 e. The third-order valence-electron chi connectivity index (χ3n) is 3.34. The highest BCUT2D eigenvalue weighted by Gasteiger charge is 2.11. The Kier molecular flexibility index (Phi) is 6.59. The lowest BCUT2D eigenvalue weighted by Crippen LogP contribution is -2.19. The van der Waals surface area contributed by atoms with E-state index in [4.69, 9.17) is 9.15 Å². The predicted octanol–water partition coefficient (Wildman–Crippen LogP) is 3.89. The van der Waals surface area contributed by atoms with Crippen LogP contribution in [-0.2, 0) is 17.9 Å². The molecule has 0 radical (unpaired) electrons. The summed E-state index contributed by atoms with van der Waals surface area (Å²) in [7, 11) is 0. The lowest BCUT2D eigenvalue weighted by molar-refractivity contribution is 0.0145. The summed E-state index contributed by atoms with van der Waals surface area (Å²) in [6, 6.07) is 2.08. The third-order valence-corrected chi connectivity index (χ3v) is 3.34. The van der Waals surface area contributed by atoms with Gasteiger partial charge in [0.2, 0.25) is 0 Å². The van der Waals surface area contributed by atoms with Gasteiger partial charge in [-0.1, -0.05) is 27.7 Å². The topological polar surface area (TPSA) is 34.4 Å². The van der Waals surface area contributed by atoms with Crippen molar-refractivity contribution < 1.29 is 9.15 Å². The van der Waals surface area contributed by atoms with E-state index in [-0.39, 0.29) is 6.10 Å². The van der Waals surface area contributed by atoms with Crippen LogP contribution in [0.4, 0.5) is 0 Å². The smallest absolute Gasteiger partial charge is 0.130 e. The first-order valence-electron chi connectivity index (χ1n) is 7.30. The standard InChI is InChI=1S/C16H29NO2/c1-11(2)8-17-9-16-13(5)7-15(19-16)10-18-14(6)12(3)4/h7,11-12,14,17H,8-10H2,1-6H3.